The highest BCUT2D eigenvalue weighted by Crippen LogP contribution is 2.32. The average molecular weight is 420 g/mol. The fourth-order valence-corrected chi connectivity index (χ4v) is 3.54. The Labute approximate surface area is 181 Å². The molecule has 31 heavy (non-hydrogen) atoms. The van der Waals surface area contributed by atoms with Crippen LogP contribution in [-0.2, 0) is 20.7 Å². The summed E-state index contributed by atoms with van der Waals surface area (Å²) in [7, 11) is 1.49. The van der Waals surface area contributed by atoms with Crippen LogP contribution in [0.2, 0.25) is 0 Å². The van der Waals surface area contributed by atoms with E-state index in [9.17, 15) is 9.59 Å². The Morgan fingerprint density at radius 1 is 1.26 bits per heavy atom. The number of fused-ring (bicyclic) bond motifs is 1. The number of para-hydroxylation sites is 1. The lowest BCUT2D eigenvalue weighted by atomic mass is 10.1. The highest BCUT2D eigenvalue weighted by molar-refractivity contribution is 6.00. The van der Waals surface area contributed by atoms with Crippen LogP contribution >= 0.6 is 0 Å². The Hall–Kier alpha value is -3.79. The molecule has 0 radical (unpaired) electrons. The van der Waals surface area contributed by atoms with Crippen molar-refractivity contribution in [1.29, 1.82) is 5.26 Å². The fourth-order valence-electron chi connectivity index (χ4n) is 3.54. The smallest absolute Gasteiger partial charge is 0.331 e. The van der Waals surface area contributed by atoms with Crippen LogP contribution in [0.3, 0.4) is 0 Å². The summed E-state index contributed by atoms with van der Waals surface area (Å²) in [6.45, 7) is 3.46. The molecule has 1 aliphatic rings. The summed E-state index contributed by atoms with van der Waals surface area (Å²) in [6.07, 6.45) is 2.68. The van der Waals surface area contributed by atoms with Crippen LogP contribution in [0.5, 0.6) is 11.5 Å². The standard InChI is InChI=1S/C24H24N2O5/c1-16-14-19-6-4-5-7-20(19)26(16)24(28)17(2)31-23(27)11-9-18-8-10-21(30-13-12-25)22(15-18)29-3/h4-11,15-17H,13-14H2,1-3H3/b11-9+/t16-,17-/m1/s1. The third-order valence-corrected chi connectivity index (χ3v) is 4.98. The van der Waals surface area contributed by atoms with E-state index in [4.69, 9.17) is 19.5 Å². The minimum Gasteiger partial charge on any atom is -0.493 e. The first-order valence-electron chi connectivity index (χ1n) is 9.92. The van der Waals surface area contributed by atoms with E-state index in [1.54, 1.807) is 36.1 Å². The van der Waals surface area contributed by atoms with Gasteiger partial charge in [-0.25, -0.2) is 4.79 Å². The summed E-state index contributed by atoms with van der Waals surface area (Å²) >= 11 is 0. The molecule has 0 fully saturated rings. The number of nitrogens with zero attached hydrogens (tertiary/aromatic N) is 2. The SMILES string of the molecule is COc1cc(/C=C/C(=O)O[C@H](C)C(=O)N2c3ccccc3C[C@H]2C)ccc1OCC#N. The Morgan fingerprint density at radius 3 is 2.77 bits per heavy atom. The molecule has 0 saturated carbocycles. The summed E-state index contributed by atoms with van der Waals surface area (Å²) < 4.78 is 15.9. The molecule has 7 heteroatoms. The lowest BCUT2D eigenvalue weighted by Crippen LogP contribution is -2.43. The molecule has 2 aromatic rings. The van der Waals surface area contributed by atoms with E-state index in [0.717, 1.165) is 17.7 Å². The van der Waals surface area contributed by atoms with Gasteiger partial charge in [-0.3, -0.25) is 4.79 Å². The number of carbonyl (C=O) groups excluding carboxylic acids is 2. The number of nitriles is 1. The zero-order valence-corrected chi connectivity index (χ0v) is 17.7. The molecule has 2 aromatic carbocycles. The van der Waals surface area contributed by atoms with Gasteiger partial charge in [-0.05, 0) is 55.7 Å². The van der Waals surface area contributed by atoms with E-state index < -0.39 is 12.1 Å². The van der Waals surface area contributed by atoms with Crippen molar-refractivity contribution in [1.82, 2.24) is 0 Å². The maximum Gasteiger partial charge on any atom is 0.331 e. The quantitative estimate of drug-likeness (QED) is 0.503. The summed E-state index contributed by atoms with van der Waals surface area (Å²) in [4.78, 5) is 26.9. The van der Waals surface area contributed by atoms with Gasteiger partial charge in [0.25, 0.3) is 5.91 Å². The monoisotopic (exact) mass is 420 g/mol. The van der Waals surface area contributed by atoms with Crippen molar-refractivity contribution < 1.29 is 23.8 Å². The van der Waals surface area contributed by atoms with Gasteiger partial charge in [-0.2, -0.15) is 5.26 Å². The third-order valence-electron chi connectivity index (χ3n) is 4.98. The molecule has 0 bridgehead atoms. The van der Waals surface area contributed by atoms with Crippen molar-refractivity contribution in [2.24, 2.45) is 0 Å². The number of rotatable bonds is 7. The number of carbonyl (C=O) groups is 2. The normalized spacial score (nSPS) is 15.8. The van der Waals surface area contributed by atoms with E-state index in [1.165, 1.54) is 13.2 Å². The van der Waals surface area contributed by atoms with E-state index in [1.807, 2.05) is 37.3 Å². The average Bonchev–Trinajstić information content (AvgIpc) is 3.11. The van der Waals surface area contributed by atoms with E-state index in [-0.39, 0.29) is 18.6 Å². The molecule has 0 aromatic heterocycles. The molecule has 1 heterocycles. The molecule has 7 nitrogen and oxygen atoms in total. The van der Waals surface area contributed by atoms with Crippen molar-refractivity contribution in [2.45, 2.75) is 32.4 Å². The largest absolute Gasteiger partial charge is 0.493 e. The fraction of sp³-hybridized carbons (Fsp3) is 0.292. The van der Waals surface area contributed by atoms with Crippen LogP contribution in [0, 0.1) is 11.3 Å². The highest BCUT2D eigenvalue weighted by Gasteiger charge is 2.34. The molecule has 0 unspecified atom stereocenters. The van der Waals surface area contributed by atoms with E-state index >= 15 is 0 Å². The van der Waals surface area contributed by atoms with Gasteiger partial charge < -0.3 is 19.1 Å². The molecule has 160 valence electrons. The zero-order valence-electron chi connectivity index (χ0n) is 17.7. The zero-order chi connectivity index (χ0) is 22.4. The second kappa shape index (κ2) is 9.81. The minimum absolute atomic E-state index is 0.0100. The third kappa shape index (κ3) is 5.04. The van der Waals surface area contributed by atoms with Crippen LogP contribution in [0.25, 0.3) is 6.08 Å². The second-order valence-electron chi connectivity index (χ2n) is 7.16. The van der Waals surface area contributed by atoms with Gasteiger partial charge >= 0.3 is 5.97 Å². The molecule has 0 aliphatic carbocycles. The second-order valence-corrected chi connectivity index (χ2v) is 7.16. The molecule has 2 atom stereocenters. The molecule has 1 amide bonds. The van der Waals surface area contributed by atoms with Gasteiger partial charge in [-0.15, -0.1) is 0 Å². The maximum atomic E-state index is 12.9. The summed E-state index contributed by atoms with van der Waals surface area (Å²) in [6, 6.07) is 14.7. The van der Waals surface area contributed by atoms with Gasteiger partial charge in [0.1, 0.15) is 6.07 Å². The molecule has 0 N–H and O–H groups in total. The topological polar surface area (TPSA) is 88.9 Å². The Morgan fingerprint density at radius 2 is 2.03 bits per heavy atom. The number of esters is 1. The van der Waals surface area contributed by atoms with Gasteiger partial charge in [0.05, 0.1) is 7.11 Å². The lowest BCUT2D eigenvalue weighted by Gasteiger charge is -2.25. The number of hydrogen-bond acceptors (Lipinski definition) is 6. The highest BCUT2D eigenvalue weighted by atomic mass is 16.5. The van der Waals surface area contributed by atoms with Gasteiger partial charge in [-0.1, -0.05) is 24.3 Å². The Balaban J connectivity index is 1.63. The number of hydrogen-bond donors (Lipinski definition) is 0. The summed E-state index contributed by atoms with van der Waals surface area (Å²) in [5.41, 5.74) is 2.65. The molecule has 1 aliphatic heterocycles. The van der Waals surface area contributed by atoms with E-state index in [0.29, 0.717) is 17.1 Å². The minimum atomic E-state index is -0.915. The molecule has 3 rings (SSSR count). The van der Waals surface area contributed by atoms with Crippen molar-refractivity contribution in [3.8, 4) is 17.6 Å². The predicted octanol–water partition coefficient (Wildman–Crippen LogP) is 3.52. The molecule has 0 saturated heterocycles. The molecule has 0 spiro atoms. The van der Waals surface area contributed by atoms with Gasteiger partial charge in [0, 0.05) is 17.8 Å². The van der Waals surface area contributed by atoms with Crippen molar-refractivity contribution in [3.63, 3.8) is 0 Å². The number of methoxy groups -OCH3 is 1. The van der Waals surface area contributed by atoms with Crippen LogP contribution in [0.4, 0.5) is 5.69 Å². The molecular weight excluding hydrogens is 396 g/mol. The van der Waals surface area contributed by atoms with E-state index in [2.05, 4.69) is 0 Å². The predicted molar refractivity (Wildman–Crippen MR) is 116 cm³/mol. The number of benzene rings is 2. The number of amides is 1. The van der Waals surface area contributed by atoms with Crippen molar-refractivity contribution in [2.75, 3.05) is 18.6 Å². The van der Waals surface area contributed by atoms with Gasteiger partial charge in [0.2, 0.25) is 0 Å². The first kappa shape index (κ1) is 21.9. The summed E-state index contributed by atoms with van der Waals surface area (Å²) in [5, 5.41) is 8.63. The first-order valence-corrected chi connectivity index (χ1v) is 9.92. The maximum absolute atomic E-state index is 12.9. The van der Waals surface area contributed by atoms with Crippen LogP contribution < -0.4 is 14.4 Å². The van der Waals surface area contributed by atoms with Crippen LogP contribution in [-0.4, -0.2) is 37.7 Å². The molecular formula is C24H24N2O5. The number of ether oxygens (including phenoxy) is 3. The first-order chi connectivity index (χ1) is 14.9. The van der Waals surface area contributed by atoms with Crippen LogP contribution in [0.15, 0.2) is 48.5 Å². The Bertz CT molecular complexity index is 1040. The Kier molecular flexibility index (Phi) is 6.93. The lowest BCUT2D eigenvalue weighted by molar-refractivity contribution is -0.149. The number of anilines is 1. The van der Waals surface area contributed by atoms with Gasteiger partial charge in [0.15, 0.2) is 24.2 Å². The summed E-state index contributed by atoms with van der Waals surface area (Å²) in [5.74, 6) is 0.00336. The van der Waals surface area contributed by atoms with Crippen molar-refractivity contribution in [3.05, 3.63) is 59.7 Å². The van der Waals surface area contributed by atoms with Crippen LogP contribution in [0.1, 0.15) is 25.0 Å². The van der Waals surface area contributed by atoms with Crippen molar-refractivity contribution >= 4 is 23.6 Å².